The number of hydrogen-bond acceptors (Lipinski definition) is 1. The largest absolute Gasteiger partial charge is 0.364 e. The molecule has 4 aromatic carbocycles. The van der Waals surface area contributed by atoms with Crippen molar-refractivity contribution in [2.45, 2.75) is 31.1 Å². The van der Waals surface area contributed by atoms with Crippen LogP contribution in [0.25, 0.3) is 11.1 Å². The molecule has 208 valence electrons. The van der Waals surface area contributed by atoms with Crippen molar-refractivity contribution in [3.63, 3.8) is 0 Å². The average molecular weight is 593 g/mol. The maximum atomic E-state index is 16.2. The van der Waals surface area contributed by atoms with Gasteiger partial charge in [0, 0.05) is 34.3 Å². The summed E-state index contributed by atoms with van der Waals surface area (Å²) in [6, 6.07) is 29.4. The van der Waals surface area contributed by atoms with Crippen LogP contribution < -0.4 is 0 Å². The van der Waals surface area contributed by atoms with Gasteiger partial charge in [-0.1, -0.05) is 104 Å². The second-order valence-corrected chi connectivity index (χ2v) is 12.3. The number of allylic oxidation sites excluding steroid dienone is 2. The Morgan fingerprint density at radius 3 is 2.31 bits per heavy atom. The fourth-order valence-corrected chi connectivity index (χ4v) is 7.61. The van der Waals surface area contributed by atoms with E-state index in [1.54, 1.807) is 24.3 Å². The second-order valence-electron chi connectivity index (χ2n) is 11.5. The molecule has 0 bridgehead atoms. The van der Waals surface area contributed by atoms with E-state index in [0.717, 1.165) is 39.1 Å². The van der Waals surface area contributed by atoms with Crippen molar-refractivity contribution in [2.75, 3.05) is 0 Å². The zero-order valence-electron chi connectivity index (χ0n) is 23.2. The van der Waals surface area contributed by atoms with Crippen molar-refractivity contribution < 1.29 is 9.18 Å². The summed E-state index contributed by atoms with van der Waals surface area (Å²) >= 11 is 12.7. The highest BCUT2D eigenvalue weighted by Crippen LogP contribution is 2.57. The Hall–Kier alpha value is -3.92. The third-order valence-corrected chi connectivity index (χ3v) is 9.71. The minimum atomic E-state index is -0.564. The Morgan fingerprint density at radius 1 is 0.810 bits per heavy atom. The molecule has 0 saturated heterocycles. The topological polar surface area (TPSA) is 32.9 Å². The highest BCUT2D eigenvalue weighted by molar-refractivity contribution is 6.31. The van der Waals surface area contributed by atoms with Gasteiger partial charge in [0.2, 0.25) is 0 Å². The van der Waals surface area contributed by atoms with E-state index >= 15 is 4.39 Å². The van der Waals surface area contributed by atoms with Gasteiger partial charge >= 0.3 is 0 Å². The van der Waals surface area contributed by atoms with Crippen LogP contribution in [0.1, 0.15) is 69.6 Å². The number of halogens is 3. The lowest BCUT2D eigenvalue weighted by Gasteiger charge is -2.43. The molecule has 1 aromatic heterocycles. The van der Waals surface area contributed by atoms with E-state index in [4.69, 9.17) is 23.2 Å². The molecular formula is C37H28Cl2FNO. The predicted molar refractivity (Wildman–Crippen MR) is 168 cm³/mol. The number of carbonyl (C=O) groups excluding carboxylic acids is 1. The molecular weight excluding hydrogens is 564 g/mol. The quantitative estimate of drug-likeness (QED) is 0.221. The summed E-state index contributed by atoms with van der Waals surface area (Å²) in [5.74, 6) is -1.23. The summed E-state index contributed by atoms with van der Waals surface area (Å²) in [5.41, 5.74) is 7.32. The van der Waals surface area contributed by atoms with Crippen molar-refractivity contribution in [3.05, 3.63) is 164 Å². The summed E-state index contributed by atoms with van der Waals surface area (Å²) in [7, 11) is 0. The van der Waals surface area contributed by atoms with Gasteiger partial charge in [-0.05, 0) is 81.3 Å². The van der Waals surface area contributed by atoms with Crippen LogP contribution >= 0.6 is 23.2 Å². The molecule has 0 fully saturated rings. The lowest BCUT2D eigenvalue weighted by Crippen LogP contribution is -2.37. The van der Waals surface area contributed by atoms with E-state index in [0.29, 0.717) is 16.1 Å². The number of H-pyrrole nitrogens is 1. The number of aromatic amines is 1. The maximum Gasteiger partial charge on any atom is 0.186 e. The molecule has 2 aliphatic carbocycles. The van der Waals surface area contributed by atoms with E-state index < -0.39 is 17.2 Å². The van der Waals surface area contributed by atoms with Gasteiger partial charge in [-0.2, -0.15) is 0 Å². The lowest BCUT2D eigenvalue weighted by atomic mass is 9.59. The van der Waals surface area contributed by atoms with Crippen LogP contribution in [-0.2, 0) is 5.41 Å². The second kappa shape index (κ2) is 10.1. The van der Waals surface area contributed by atoms with E-state index in [1.165, 1.54) is 0 Å². The van der Waals surface area contributed by atoms with E-state index in [-0.39, 0.29) is 22.6 Å². The molecule has 3 atom stereocenters. The lowest BCUT2D eigenvalue weighted by molar-refractivity contribution is 0.103. The van der Waals surface area contributed by atoms with Crippen molar-refractivity contribution in [1.29, 1.82) is 0 Å². The van der Waals surface area contributed by atoms with Crippen LogP contribution in [0.4, 0.5) is 4.39 Å². The maximum absolute atomic E-state index is 16.2. The smallest absolute Gasteiger partial charge is 0.186 e. The molecule has 0 saturated carbocycles. The van der Waals surface area contributed by atoms with E-state index in [2.05, 4.69) is 49.2 Å². The first kappa shape index (κ1) is 26.9. The van der Waals surface area contributed by atoms with Crippen LogP contribution in [0.2, 0.25) is 10.0 Å². The first-order valence-corrected chi connectivity index (χ1v) is 14.9. The van der Waals surface area contributed by atoms with Crippen LogP contribution in [0.5, 0.6) is 0 Å². The van der Waals surface area contributed by atoms with Crippen molar-refractivity contribution >= 4 is 29.0 Å². The van der Waals surface area contributed by atoms with Gasteiger partial charge in [0.25, 0.3) is 0 Å². The van der Waals surface area contributed by atoms with Crippen LogP contribution in [-0.4, -0.2) is 10.8 Å². The first-order valence-electron chi connectivity index (χ1n) is 14.2. The van der Waals surface area contributed by atoms with Crippen molar-refractivity contribution in [1.82, 2.24) is 4.98 Å². The monoisotopic (exact) mass is 591 g/mol. The van der Waals surface area contributed by atoms with Crippen molar-refractivity contribution in [3.8, 4) is 11.1 Å². The van der Waals surface area contributed by atoms with E-state index in [1.807, 2.05) is 54.7 Å². The third kappa shape index (κ3) is 3.87. The normalized spacial score (nSPS) is 20.8. The molecule has 2 nitrogen and oxygen atoms in total. The Labute approximate surface area is 254 Å². The Kier molecular flexibility index (Phi) is 6.49. The van der Waals surface area contributed by atoms with Crippen LogP contribution in [0.15, 0.2) is 109 Å². The van der Waals surface area contributed by atoms with Gasteiger partial charge in [0.15, 0.2) is 5.78 Å². The summed E-state index contributed by atoms with van der Waals surface area (Å²) in [6.45, 7) is 4.34. The van der Waals surface area contributed by atoms with Crippen LogP contribution in [0, 0.1) is 11.7 Å². The van der Waals surface area contributed by atoms with Crippen molar-refractivity contribution in [2.24, 2.45) is 5.92 Å². The van der Waals surface area contributed by atoms with Gasteiger partial charge in [-0.15, -0.1) is 0 Å². The predicted octanol–water partition coefficient (Wildman–Crippen LogP) is 10.1. The van der Waals surface area contributed by atoms with Gasteiger partial charge in [-0.3, -0.25) is 4.79 Å². The zero-order chi connectivity index (χ0) is 29.2. The molecule has 0 spiro atoms. The third-order valence-electron chi connectivity index (χ3n) is 9.17. The number of nitrogens with one attached hydrogen (secondary N) is 1. The number of carbonyl (C=O) groups is 1. The molecule has 0 amide bonds. The zero-order valence-corrected chi connectivity index (χ0v) is 24.7. The Balaban J connectivity index is 1.63. The molecule has 42 heavy (non-hydrogen) atoms. The molecule has 0 radical (unpaired) electrons. The van der Waals surface area contributed by atoms with Gasteiger partial charge in [0.1, 0.15) is 5.82 Å². The molecule has 3 unspecified atom stereocenters. The molecule has 0 aliphatic heterocycles. The Bertz CT molecular complexity index is 1870. The number of aromatic nitrogens is 1. The number of fused-ring (bicyclic) bond motifs is 5. The molecule has 5 aromatic rings. The Morgan fingerprint density at radius 2 is 1.57 bits per heavy atom. The fraction of sp³-hybridized carbons (Fsp3) is 0.162. The average Bonchev–Trinajstić information content (AvgIpc) is 3.54. The molecule has 7 rings (SSSR count). The summed E-state index contributed by atoms with van der Waals surface area (Å²) in [6.07, 6.45) is 5.65. The SMILES string of the molecule is CC(C)C1(c2ccc[nH]2)C=CC(=O)c2c1ccc1c2C(c2cccc(Cl)c2F)C(c2ccc(Cl)cc2)c2ccccc2-1. The molecule has 2 aliphatic rings. The fourth-order valence-electron chi connectivity index (χ4n) is 7.30. The van der Waals surface area contributed by atoms with Crippen LogP contribution in [0.3, 0.4) is 0 Å². The highest BCUT2D eigenvalue weighted by Gasteiger charge is 2.46. The molecule has 1 heterocycles. The minimum absolute atomic E-state index is 0.0571. The van der Waals surface area contributed by atoms with E-state index in [9.17, 15) is 4.79 Å². The number of ketones is 1. The number of rotatable bonds is 4. The van der Waals surface area contributed by atoms with Gasteiger partial charge in [0.05, 0.1) is 10.4 Å². The first-order chi connectivity index (χ1) is 20.3. The molecule has 1 N–H and O–H groups in total. The van der Waals surface area contributed by atoms with Gasteiger partial charge < -0.3 is 4.98 Å². The summed E-state index contributed by atoms with van der Waals surface area (Å²) in [4.78, 5) is 17.6. The summed E-state index contributed by atoms with van der Waals surface area (Å²) in [5, 5.41) is 0.681. The van der Waals surface area contributed by atoms with Gasteiger partial charge in [-0.25, -0.2) is 4.39 Å². The summed E-state index contributed by atoms with van der Waals surface area (Å²) < 4.78 is 16.2. The standard InChI is InChI=1S/C37H28Cl2FNO/c1-21(2)37(31-11-6-20-41-31)19-18-30(42)35-28(37)17-16-26-24-7-3-4-8-25(24)32(22-12-14-23(38)15-13-22)34(33(26)35)27-9-5-10-29(39)36(27)40/h3-21,32,34,41H,1-2H3. The molecule has 5 heteroatoms. The highest BCUT2D eigenvalue weighted by atomic mass is 35.5. The number of benzene rings is 4. The minimum Gasteiger partial charge on any atom is -0.364 e. The number of hydrogen-bond donors (Lipinski definition) is 1.